The molecular weight excluding hydrogens is 274 g/mol. The maximum Gasteiger partial charge on any atom is 0.147 e. The first-order valence-electron chi connectivity index (χ1n) is 6.64. The Morgan fingerprint density at radius 3 is 2.40 bits per heavy atom. The third kappa shape index (κ3) is 2.82. The molecule has 0 aliphatic carbocycles. The van der Waals surface area contributed by atoms with Gasteiger partial charge < -0.3 is 9.80 Å². The molecule has 20 heavy (non-hydrogen) atoms. The van der Waals surface area contributed by atoms with E-state index < -0.39 is 0 Å². The van der Waals surface area contributed by atoms with Crippen molar-refractivity contribution in [1.29, 1.82) is 0 Å². The second-order valence-corrected chi connectivity index (χ2v) is 4.93. The van der Waals surface area contributed by atoms with Gasteiger partial charge >= 0.3 is 0 Å². The second kappa shape index (κ2) is 6.05. The molecule has 0 N–H and O–H groups in total. The van der Waals surface area contributed by atoms with E-state index in [-0.39, 0.29) is 0 Å². The van der Waals surface area contributed by atoms with Crippen molar-refractivity contribution in [3.63, 3.8) is 0 Å². The molecule has 0 radical (unpaired) electrons. The summed E-state index contributed by atoms with van der Waals surface area (Å²) in [6.07, 6.45) is 5.34. The molecule has 1 aliphatic heterocycles. The maximum atomic E-state index is 5.80. The van der Waals surface area contributed by atoms with Crippen molar-refractivity contribution in [2.24, 2.45) is 0 Å². The molecule has 104 valence electrons. The Labute approximate surface area is 123 Å². The molecule has 0 unspecified atom stereocenters. The summed E-state index contributed by atoms with van der Waals surface area (Å²) in [5.74, 6) is 2.34. The van der Waals surface area contributed by atoms with E-state index in [0.29, 0.717) is 5.88 Å². The first-order valence-corrected chi connectivity index (χ1v) is 7.18. The van der Waals surface area contributed by atoms with E-state index in [9.17, 15) is 0 Å². The molecule has 1 saturated heterocycles. The molecule has 1 fully saturated rings. The number of halogens is 1. The van der Waals surface area contributed by atoms with Gasteiger partial charge in [0.25, 0.3) is 0 Å². The second-order valence-electron chi connectivity index (χ2n) is 4.66. The molecular formula is C14H16ClN5. The minimum atomic E-state index is 0.398. The van der Waals surface area contributed by atoms with Gasteiger partial charge in [-0.3, -0.25) is 4.98 Å². The summed E-state index contributed by atoms with van der Waals surface area (Å²) in [5.41, 5.74) is 0.816. The summed E-state index contributed by atoms with van der Waals surface area (Å²) in [6, 6.07) is 6.00. The van der Waals surface area contributed by atoms with Crippen LogP contribution in [0.1, 0.15) is 5.69 Å². The van der Waals surface area contributed by atoms with Crippen molar-refractivity contribution in [3.05, 3.63) is 42.5 Å². The first kappa shape index (κ1) is 13.1. The molecule has 2 aromatic heterocycles. The Morgan fingerprint density at radius 1 is 1.00 bits per heavy atom. The van der Waals surface area contributed by atoms with E-state index in [1.807, 2.05) is 24.4 Å². The summed E-state index contributed by atoms with van der Waals surface area (Å²) < 4.78 is 0. The largest absolute Gasteiger partial charge is 0.353 e. The molecule has 0 atom stereocenters. The molecule has 5 nitrogen and oxygen atoms in total. The van der Waals surface area contributed by atoms with Gasteiger partial charge in [-0.25, -0.2) is 9.97 Å². The summed E-state index contributed by atoms with van der Waals surface area (Å²) in [4.78, 5) is 17.6. The number of nitrogens with zero attached hydrogens (tertiary/aromatic N) is 5. The highest BCUT2D eigenvalue weighted by Gasteiger charge is 2.19. The van der Waals surface area contributed by atoms with Crippen LogP contribution in [0.5, 0.6) is 0 Å². The third-order valence-corrected chi connectivity index (χ3v) is 3.66. The zero-order valence-corrected chi connectivity index (χ0v) is 11.9. The van der Waals surface area contributed by atoms with Gasteiger partial charge in [0.15, 0.2) is 0 Å². The van der Waals surface area contributed by atoms with Crippen LogP contribution < -0.4 is 9.80 Å². The molecule has 0 saturated carbocycles. The number of piperazine rings is 1. The highest BCUT2D eigenvalue weighted by molar-refractivity contribution is 6.16. The lowest BCUT2D eigenvalue weighted by atomic mass is 10.3. The fraction of sp³-hybridized carbons (Fsp3) is 0.357. The number of alkyl halides is 1. The molecule has 1 aliphatic rings. The lowest BCUT2D eigenvalue weighted by molar-refractivity contribution is 0.640. The van der Waals surface area contributed by atoms with Gasteiger partial charge in [-0.2, -0.15) is 0 Å². The van der Waals surface area contributed by atoms with Crippen molar-refractivity contribution in [3.8, 4) is 0 Å². The van der Waals surface area contributed by atoms with Crippen LogP contribution in [0.25, 0.3) is 0 Å². The lowest BCUT2D eigenvalue weighted by Gasteiger charge is -2.35. The van der Waals surface area contributed by atoms with Crippen molar-refractivity contribution in [1.82, 2.24) is 15.0 Å². The van der Waals surface area contributed by atoms with E-state index in [1.54, 1.807) is 12.4 Å². The van der Waals surface area contributed by atoms with Crippen LogP contribution in [0.15, 0.2) is 36.8 Å². The SMILES string of the molecule is ClCc1cncc(N2CCN(c3ccccn3)CC2)n1. The first-order chi connectivity index (χ1) is 9.86. The Bertz CT molecular complexity index is 555. The van der Waals surface area contributed by atoms with Crippen molar-refractivity contribution in [2.45, 2.75) is 5.88 Å². The predicted molar refractivity (Wildman–Crippen MR) is 80.3 cm³/mol. The molecule has 0 aromatic carbocycles. The number of pyridine rings is 1. The summed E-state index contributed by atoms with van der Waals surface area (Å²) in [6.45, 7) is 3.70. The molecule has 0 spiro atoms. The standard InChI is InChI=1S/C14H16ClN5/c15-9-12-10-16-11-14(18-12)20-7-5-19(6-8-20)13-3-1-2-4-17-13/h1-4,10-11H,5-9H2. The van der Waals surface area contributed by atoms with Gasteiger partial charge in [0.1, 0.15) is 11.6 Å². The highest BCUT2D eigenvalue weighted by atomic mass is 35.5. The summed E-state index contributed by atoms with van der Waals surface area (Å²) in [7, 11) is 0. The summed E-state index contributed by atoms with van der Waals surface area (Å²) >= 11 is 5.80. The zero-order chi connectivity index (χ0) is 13.8. The van der Waals surface area contributed by atoms with E-state index in [2.05, 4.69) is 24.8 Å². The molecule has 0 amide bonds. The van der Waals surface area contributed by atoms with E-state index >= 15 is 0 Å². The predicted octanol–water partition coefficient (Wildman–Crippen LogP) is 1.94. The van der Waals surface area contributed by atoms with E-state index in [1.165, 1.54) is 0 Å². The Kier molecular flexibility index (Phi) is 3.97. The minimum absolute atomic E-state index is 0.398. The van der Waals surface area contributed by atoms with Gasteiger partial charge in [0.05, 0.1) is 17.8 Å². The molecule has 3 rings (SSSR count). The number of rotatable bonds is 3. The molecule has 2 aromatic rings. The van der Waals surface area contributed by atoms with Crippen LogP contribution in [0.4, 0.5) is 11.6 Å². The van der Waals surface area contributed by atoms with Crippen LogP contribution >= 0.6 is 11.6 Å². The smallest absolute Gasteiger partial charge is 0.147 e. The van der Waals surface area contributed by atoms with Crippen LogP contribution in [0.2, 0.25) is 0 Å². The van der Waals surface area contributed by atoms with Crippen LogP contribution in [0, 0.1) is 0 Å². The van der Waals surface area contributed by atoms with E-state index in [0.717, 1.165) is 43.5 Å². The number of hydrogen-bond donors (Lipinski definition) is 0. The van der Waals surface area contributed by atoms with Crippen molar-refractivity contribution >= 4 is 23.2 Å². The highest BCUT2D eigenvalue weighted by Crippen LogP contribution is 2.17. The minimum Gasteiger partial charge on any atom is -0.353 e. The van der Waals surface area contributed by atoms with Crippen LogP contribution in [-0.4, -0.2) is 41.1 Å². The average molecular weight is 290 g/mol. The van der Waals surface area contributed by atoms with Crippen LogP contribution in [0.3, 0.4) is 0 Å². The van der Waals surface area contributed by atoms with Crippen LogP contribution in [-0.2, 0) is 5.88 Å². The maximum absolute atomic E-state index is 5.80. The van der Waals surface area contributed by atoms with Crippen molar-refractivity contribution < 1.29 is 0 Å². The third-order valence-electron chi connectivity index (χ3n) is 3.39. The molecule has 3 heterocycles. The average Bonchev–Trinajstić information content (AvgIpc) is 2.56. The Balaban J connectivity index is 1.66. The Hall–Kier alpha value is -1.88. The fourth-order valence-corrected chi connectivity index (χ4v) is 2.45. The zero-order valence-electron chi connectivity index (χ0n) is 11.1. The topological polar surface area (TPSA) is 45.2 Å². The van der Waals surface area contributed by atoms with Gasteiger partial charge in [0.2, 0.25) is 0 Å². The molecule has 0 bridgehead atoms. The van der Waals surface area contributed by atoms with Gasteiger partial charge in [0, 0.05) is 38.6 Å². The normalized spacial score (nSPS) is 15.4. The quantitative estimate of drug-likeness (QED) is 0.808. The summed E-state index contributed by atoms with van der Waals surface area (Å²) in [5, 5.41) is 0. The number of aromatic nitrogens is 3. The fourth-order valence-electron chi connectivity index (χ4n) is 2.32. The van der Waals surface area contributed by atoms with Gasteiger partial charge in [-0.1, -0.05) is 6.07 Å². The van der Waals surface area contributed by atoms with Crippen molar-refractivity contribution in [2.75, 3.05) is 36.0 Å². The Morgan fingerprint density at radius 2 is 1.75 bits per heavy atom. The molecule has 6 heteroatoms. The lowest BCUT2D eigenvalue weighted by Crippen LogP contribution is -2.47. The number of hydrogen-bond acceptors (Lipinski definition) is 5. The monoisotopic (exact) mass is 289 g/mol. The van der Waals surface area contributed by atoms with E-state index in [4.69, 9.17) is 11.6 Å². The number of anilines is 2. The van der Waals surface area contributed by atoms with Gasteiger partial charge in [-0.15, -0.1) is 11.6 Å². The van der Waals surface area contributed by atoms with Gasteiger partial charge in [-0.05, 0) is 12.1 Å².